The number of H-pyrrole nitrogens is 1. The average Bonchev–Trinajstić information content (AvgIpc) is 3.36. The number of hydrogen-bond acceptors (Lipinski definition) is 4. The summed E-state index contributed by atoms with van der Waals surface area (Å²) in [6, 6.07) is 6.98. The molecule has 6 nitrogen and oxygen atoms in total. The van der Waals surface area contributed by atoms with E-state index in [9.17, 15) is 8.42 Å². The molecule has 0 unspecified atom stereocenters. The minimum Gasteiger partial charge on any atom is -0.346 e. The van der Waals surface area contributed by atoms with E-state index in [1.807, 2.05) is 12.4 Å². The molecule has 4 heterocycles. The Balaban J connectivity index is 1.65. The Morgan fingerprint density at radius 2 is 2.07 bits per heavy atom. The van der Waals surface area contributed by atoms with Gasteiger partial charge in [-0.25, -0.2) is 13.4 Å². The van der Waals surface area contributed by atoms with Crippen LogP contribution in [-0.2, 0) is 23.0 Å². The predicted molar refractivity (Wildman–Crippen MR) is 115 cm³/mol. The number of sulfonamides is 1. The third-order valence-electron chi connectivity index (χ3n) is 6.31. The van der Waals surface area contributed by atoms with Gasteiger partial charge in [-0.05, 0) is 78.7 Å². The highest BCUT2D eigenvalue weighted by molar-refractivity contribution is 7.88. The van der Waals surface area contributed by atoms with Gasteiger partial charge in [0.2, 0.25) is 10.0 Å². The van der Waals surface area contributed by atoms with Crippen molar-refractivity contribution in [3.63, 3.8) is 0 Å². The molecule has 0 saturated carbocycles. The van der Waals surface area contributed by atoms with Crippen LogP contribution in [0, 0.1) is 6.92 Å². The molecule has 2 aliphatic rings. The monoisotopic (exact) mass is 410 g/mol. The van der Waals surface area contributed by atoms with Crippen LogP contribution in [0.3, 0.4) is 0 Å². The Morgan fingerprint density at radius 3 is 2.83 bits per heavy atom. The molecular weight excluding hydrogens is 384 g/mol. The van der Waals surface area contributed by atoms with Crippen LogP contribution in [0.15, 0.2) is 30.6 Å². The van der Waals surface area contributed by atoms with E-state index in [1.54, 1.807) is 4.31 Å². The van der Waals surface area contributed by atoms with Gasteiger partial charge in [-0.1, -0.05) is 0 Å². The topological polar surface area (TPSA) is 78.1 Å². The van der Waals surface area contributed by atoms with Crippen molar-refractivity contribution in [2.24, 2.45) is 0 Å². The van der Waals surface area contributed by atoms with Crippen LogP contribution in [0.25, 0.3) is 22.2 Å². The Morgan fingerprint density at radius 1 is 1.21 bits per heavy atom. The first kappa shape index (κ1) is 18.8. The highest BCUT2D eigenvalue weighted by Crippen LogP contribution is 2.36. The molecule has 0 radical (unpaired) electrons. The molecule has 2 aliphatic heterocycles. The molecule has 5 rings (SSSR count). The summed E-state index contributed by atoms with van der Waals surface area (Å²) in [7, 11) is -3.20. The lowest BCUT2D eigenvalue weighted by atomic mass is 9.87. The molecular formula is C22H26N4O2S. The number of rotatable bonds is 3. The van der Waals surface area contributed by atoms with Crippen LogP contribution >= 0.6 is 0 Å². The number of nitrogens with zero attached hydrogens (tertiary/aromatic N) is 2. The molecule has 1 atom stereocenters. The maximum atomic E-state index is 12.1. The van der Waals surface area contributed by atoms with Crippen molar-refractivity contribution in [3.8, 4) is 11.1 Å². The fourth-order valence-corrected chi connectivity index (χ4v) is 5.51. The number of nitrogens with one attached hydrogen (secondary N) is 2. The largest absolute Gasteiger partial charge is 0.346 e. The molecule has 152 valence electrons. The minimum atomic E-state index is -3.20. The molecule has 3 aromatic rings. The van der Waals surface area contributed by atoms with Crippen molar-refractivity contribution in [2.75, 3.05) is 19.3 Å². The summed E-state index contributed by atoms with van der Waals surface area (Å²) < 4.78 is 25.9. The second-order valence-corrected chi connectivity index (χ2v) is 10.3. The average molecular weight is 411 g/mol. The van der Waals surface area contributed by atoms with Gasteiger partial charge in [0.1, 0.15) is 5.65 Å². The van der Waals surface area contributed by atoms with Gasteiger partial charge in [0.15, 0.2) is 0 Å². The zero-order chi connectivity index (χ0) is 20.2. The highest BCUT2D eigenvalue weighted by atomic mass is 32.2. The van der Waals surface area contributed by atoms with E-state index in [-0.39, 0.29) is 0 Å². The van der Waals surface area contributed by atoms with Crippen LogP contribution in [0.2, 0.25) is 0 Å². The number of aryl methyl sites for hydroxylation is 1. The normalized spacial score (nSPS) is 20.3. The highest BCUT2D eigenvalue weighted by Gasteiger charge is 2.28. The quantitative estimate of drug-likeness (QED) is 0.695. The Labute approximate surface area is 171 Å². The molecule has 29 heavy (non-hydrogen) atoms. The van der Waals surface area contributed by atoms with Crippen LogP contribution in [0.1, 0.15) is 41.1 Å². The number of fused-ring (bicyclic) bond motifs is 2. The molecule has 2 aromatic heterocycles. The maximum absolute atomic E-state index is 12.1. The molecule has 2 N–H and O–H groups in total. The van der Waals surface area contributed by atoms with E-state index in [4.69, 9.17) is 0 Å². The Kier molecular flexibility index (Phi) is 4.49. The van der Waals surface area contributed by atoms with E-state index in [0.717, 1.165) is 47.1 Å². The number of benzene rings is 1. The SMILES string of the molecule is Cc1c[nH]c2ncc(-c3cc4c(c([C@@H]5CCCN5)c3)CCN(S(C)(=O)=O)C4)cc12. The molecule has 1 fully saturated rings. The fourth-order valence-electron chi connectivity index (χ4n) is 4.71. The number of pyridine rings is 1. The van der Waals surface area contributed by atoms with Crippen molar-refractivity contribution in [1.29, 1.82) is 0 Å². The number of aromatic amines is 1. The Bertz CT molecular complexity index is 1190. The Hall–Kier alpha value is -2.22. The maximum Gasteiger partial charge on any atom is 0.211 e. The summed E-state index contributed by atoms with van der Waals surface area (Å²) >= 11 is 0. The molecule has 0 amide bonds. The van der Waals surface area contributed by atoms with Crippen LogP contribution in [0.5, 0.6) is 0 Å². The lowest BCUT2D eigenvalue weighted by Gasteiger charge is -2.30. The van der Waals surface area contributed by atoms with Crippen LogP contribution in [-0.4, -0.2) is 42.0 Å². The molecule has 7 heteroatoms. The summed E-state index contributed by atoms with van der Waals surface area (Å²) in [4.78, 5) is 7.79. The number of hydrogen-bond donors (Lipinski definition) is 2. The lowest BCUT2D eigenvalue weighted by molar-refractivity contribution is 0.392. The number of aromatic nitrogens is 2. The van der Waals surface area contributed by atoms with E-state index in [1.165, 1.54) is 29.4 Å². The molecule has 0 bridgehead atoms. The first-order chi connectivity index (χ1) is 13.9. The van der Waals surface area contributed by atoms with Gasteiger partial charge < -0.3 is 10.3 Å². The van der Waals surface area contributed by atoms with Crippen molar-refractivity contribution < 1.29 is 8.42 Å². The molecule has 0 spiro atoms. The second-order valence-electron chi connectivity index (χ2n) is 8.29. The van der Waals surface area contributed by atoms with Crippen molar-refractivity contribution >= 4 is 21.1 Å². The first-order valence-electron chi connectivity index (χ1n) is 10.2. The van der Waals surface area contributed by atoms with Crippen LogP contribution in [0.4, 0.5) is 0 Å². The summed E-state index contributed by atoms with van der Waals surface area (Å²) in [5, 5.41) is 4.75. The summed E-state index contributed by atoms with van der Waals surface area (Å²) in [6.07, 6.45) is 8.25. The first-order valence-corrected chi connectivity index (χ1v) is 12.0. The van der Waals surface area contributed by atoms with E-state index >= 15 is 0 Å². The zero-order valence-corrected chi connectivity index (χ0v) is 17.6. The summed E-state index contributed by atoms with van der Waals surface area (Å²) in [5.74, 6) is 0. The summed E-state index contributed by atoms with van der Waals surface area (Å²) in [6.45, 7) is 4.12. The van der Waals surface area contributed by atoms with Gasteiger partial charge in [0.05, 0.1) is 6.26 Å². The predicted octanol–water partition coefficient (Wildman–Crippen LogP) is 3.28. The minimum absolute atomic E-state index is 0.346. The third kappa shape index (κ3) is 3.37. The van der Waals surface area contributed by atoms with E-state index < -0.39 is 10.0 Å². The van der Waals surface area contributed by atoms with Crippen molar-refractivity contribution in [1.82, 2.24) is 19.6 Å². The van der Waals surface area contributed by atoms with Crippen molar-refractivity contribution in [2.45, 2.75) is 38.8 Å². The van der Waals surface area contributed by atoms with Crippen LogP contribution < -0.4 is 5.32 Å². The molecule has 1 aromatic carbocycles. The zero-order valence-electron chi connectivity index (χ0n) is 16.8. The summed E-state index contributed by atoms with van der Waals surface area (Å²) in [5.41, 5.74) is 8.01. The van der Waals surface area contributed by atoms with Crippen molar-refractivity contribution in [3.05, 3.63) is 52.8 Å². The standard InChI is InChI=1S/C22H26N4O2S/c1-14-11-24-22-19(14)10-16(12-25-22)15-8-17-13-26(29(2,27)28)7-5-18(17)20(9-15)21-4-3-6-23-21/h8-12,21,23H,3-7,13H2,1-2H3,(H,24,25)/t21-/m0/s1. The molecule has 0 aliphatic carbocycles. The lowest BCUT2D eigenvalue weighted by Crippen LogP contribution is -2.36. The van der Waals surface area contributed by atoms with Gasteiger partial charge in [-0.2, -0.15) is 4.31 Å². The third-order valence-corrected chi connectivity index (χ3v) is 7.56. The van der Waals surface area contributed by atoms with E-state index in [0.29, 0.717) is 19.1 Å². The van der Waals surface area contributed by atoms with Gasteiger partial charge in [-0.3, -0.25) is 0 Å². The second kappa shape index (κ2) is 6.93. The van der Waals surface area contributed by atoms with Gasteiger partial charge in [0, 0.05) is 42.5 Å². The van der Waals surface area contributed by atoms with Gasteiger partial charge in [-0.15, -0.1) is 0 Å². The van der Waals surface area contributed by atoms with Gasteiger partial charge in [0.25, 0.3) is 0 Å². The smallest absolute Gasteiger partial charge is 0.211 e. The fraction of sp³-hybridized carbons (Fsp3) is 0.409. The van der Waals surface area contributed by atoms with E-state index in [2.05, 4.69) is 40.4 Å². The van der Waals surface area contributed by atoms with Gasteiger partial charge >= 0.3 is 0 Å². The molecule has 1 saturated heterocycles.